The Labute approximate surface area is 164 Å². The van der Waals surface area contributed by atoms with Crippen molar-refractivity contribution in [2.45, 2.75) is 25.1 Å². The van der Waals surface area contributed by atoms with Crippen LogP contribution < -0.4 is 5.32 Å². The van der Waals surface area contributed by atoms with Gasteiger partial charge in [-0.2, -0.15) is 0 Å². The molecule has 1 aliphatic carbocycles. The zero-order valence-electron chi connectivity index (χ0n) is 15.9. The summed E-state index contributed by atoms with van der Waals surface area (Å²) < 4.78 is 5.77. The predicted octanol–water partition coefficient (Wildman–Crippen LogP) is 4.63. The molecule has 0 radical (unpaired) electrons. The van der Waals surface area contributed by atoms with Crippen LogP contribution in [0.15, 0.2) is 73.1 Å². The molecule has 0 saturated carbocycles. The molecule has 28 heavy (non-hydrogen) atoms. The SMILES string of the molecule is CO[C@@H]1c2ccccc2C[C@@H]1NCc1ccc(-c2ccc3nc[nH]c3c2)cc1. The van der Waals surface area contributed by atoms with Gasteiger partial charge in [-0.15, -0.1) is 0 Å². The summed E-state index contributed by atoms with van der Waals surface area (Å²) >= 11 is 0. The molecule has 4 nitrogen and oxygen atoms in total. The van der Waals surface area contributed by atoms with Crippen molar-refractivity contribution in [3.8, 4) is 11.1 Å². The number of nitrogens with zero attached hydrogens (tertiary/aromatic N) is 1. The van der Waals surface area contributed by atoms with Gasteiger partial charge in [0, 0.05) is 19.7 Å². The van der Waals surface area contributed by atoms with Gasteiger partial charge in [0.2, 0.25) is 0 Å². The van der Waals surface area contributed by atoms with Gasteiger partial charge in [0.25, 0.3) is 0 Å². The van der Waals surface area contributed by atoms with Crippen LogP contribution in [-0.4, -0.2) is 23.1 Å². The molecule has 4 aromatic rings. The second kappa shape index (κ2) is 7.23. The first kappa shape index (κ1) is 17.2. The lowest BCUT2D eigenvalue weighted by Gasteiger charge is -2.20. The smallest absolute Gasteiger partial charge is 0.0980 e. The monoisotopic (exact) mass is 369 g/mol. The van der Waals surface area contributed by atoms with E-state index in [1.54, 1.807) is 13.4 Å². The fraction of sp³-hybridized carbons (Fsp3) is 0.208. The number of aromatic nitrogens is 2. The standard InChI is InChI=1S/C24H23N3O/c1-28-24-20-5-3-2-4-19(20)13-23(24)25-14-16-6-8-17(9-7-16)18-10-11-21-22(12-18)27-15-26-21/h2-12,15,23-25H,13-14H2,1H3,(H,26,27)/t23-,24+/m0/s1. The van der Waals surface area contributed by atoms with E-state index in [1.165, 1.54) is 27.8 Å². The van der Waals surface area contributed by atoms with E-state index in [2.05, 4.69) is 82.0 Å². The van der Waals surface area contributed by atoms with Crippen LogP contribution in [0.25, 0.3) is 22.2 Å². The maximum atomic E-state index is 5.77. The summed E-state index contributed by atoms with van der Waals surface area (Å²) in [6.07, 6.45) is 2.87. The number of fused-ring (bicyclic) bond motifs is 2. The lowest BCUT2D eigenvalue weighted by Crippen LogP contribution is -2.33. The van der Waals surface area contributed by atoms with E-state index in [-0.39, 0.29) is 6.10 Å². The average molecular weight is 369 g/mol. The highest BCUT2D eigenvalue weighted by Gasteiger charge is 2.31. The minimum Gasteiger partial charge on any atom is -0.375 e. The quantitative estimate of drug-likeness (QED) is 0.539. The van der Waals surface area contributed by atoms with Crippen LogP contribution in [0.2, 0.25) is 0 Å². The Morgan fingerprint density at radius 3 is 2.71 bits per heavy atom. The third-order valence-electron chi connectivity index (χ3n) is 5.70. The van der Waals surface area contributed by atoms with Crippen molar-refractivity contribution >= 4 is 11.0 Å². The van der Waals surface area contributed by atoms with E-state index >= 15 is 0 Å². The van der Waals surface area contributed by atoms with Gasteiger partial charge in [-0.05, 0) is 46.4 Å². The van der Waals surface area contributed by atoms with Gasteiger partial charge in [0.05, 0.1) is 23.5 Å². The summed E-state index contributed by atoms with van der Waals surface area (Å²) in [5.74, 6) is 0. The maximum absolute atomic E-state index is 5.77. The first-order chi connectivity index (χ1) is 13.8. The molecular formula is C24H23N3O. The Balaban J connectivity index is 1.28. The highest BCUT2D eigenvalue weighted by Crippen LogP contribution is 2.33. The van der Waals surface area contributed by atoms with Gasteiger partial charge in [-0.3, -0.25) is 0 Å². The molecule has 0 amide bonds. The first-order valence-corrected chi connectivity index (χ1v) is 9.68. The van der Waals surface area contributed by atoms with E-state index in [0.29, 0.717) is 6.04 Å². The molecule has 0 saturated heterocycles. The van der Waals surface area contributed by atoms with E-state index in [1.807, 2.05) is 0 Å². The van der Waals surface area contributed by atoms with Crippen molar-refractivity contribution in [3.05, 3.63) is 89.7 Å². The molecule has 3 aromatic carbocycles. The molecule has 140 valence electrons. The highest BCUT2D eigenvalue weighted by atomic mass is 16.5. The van der Waals surface area contributed by atoms with Crippen LogP contribution in [0, 0.1) is 0 Å². The molecule has 4 heteroatoms. The molecule has 0 aliphatic heterocycles. The molecule has 2 atom stereocenters. The molecule has 0 bridgehead atoms. The second-order valence-corrected chi connectivity index (χ2v) is 7.38. The summed E-state index contributed by atoms with van der Waals surface area (Å²) in [6.45, 7) is 0.832. The Kier molecular flexibility index (Phi) is 4.43. The number of hydrogen-bond acceptors (Lipinski definition) is 3. The van der Waals surface area contributed by atoms with Crippen molar-refractivity contribution in [3.63, 3.8) is 0 Å². The number of methoxy groups -OCH3 is 1. The van der Waals surface area contributed by atoms with Crippen LogP contribution in [0.1, 0.15) is 22.8 Å². The van der Waals surface area contributed by atoms with Crippen molar-refractivity contribution in [2.24, 2.45) is 0 Å². The van der Waals surface area contributed by atoms with Gasteiger partial charge in [-0.1, -0.05) is 54.6 Å². The molecule has 2 N–H and O–H groups in total. The minimum atomic E-state index is 0.122. The Morgan fingerprint density at radius 2 is 1.86 bits per heavy atom. The number of nitrogens with one attached hydrogen (secondary N) is 2. The normalized spacial score (nSPS) is 18.5. The van der Waals surface area contributed by atoms with Gasteiger partial charge in [-0.25, -0.2) is 4.98 Å². The highest BCUT2D eigenvalue weighted by molar-refractivity contribution is 5.81. The van der Waals surface area contributed by atoms with Gasteiger partial charge in [0.1, 0.15) is 0 Å². The third-order valence-corrected chi connectivity index (χ3v) is 5.70. The number of H-pyrrole nitrogens is 1. The summed E-state index contributed by atoms with van der Waals surface area (Å²) in [4.78, 5) is 7.46. The third kappa shape index (κ3) is 3.11. The van der Waals surface area contributed by atoms with E-state index < -0.39 is 0 Å². The summed E-state index contributed by atoms with van der Waals surface area (Å²) in [5.41, 5.74) is 8.44. The fourth-order valence-corrected chi connectivity index (χ4v) is 4.21. The Bertz CT molecular complexity index is 1100. The van der Waals surface area contributed by atoms with Crippen LogP contribution >= 0.6 is 0 Å². The number of hydrogen-bond donors (Lipinski definition) is 2. The zero-order chi connectivity index (χ0) is 18.9. The Morgan fingerprint density at radius 1 is 1.04 bits per heavy atom. The molecular weight excluding hydrogens is 346 g/mol. The van der Waals surface area contributed by atoms with E-state index in [4.69, 9.17) is 4.74 Å². The number of imidazole rings is 1. The molecule has 0 fully saturated rings. The first-order valence-electron chi connectivity index (χ1n) is 9.68. The topological polar surface area (TPSA) is 49.9 Å². The van der Waals surface area contributed by atoms with E-state index in [9.17, 15) is 0 Å². The largest absolute Gasteiger partial charge is 0.375 e. The van der Waals surface area contributed by atoms with E-state index in [0.717, 1.165) is 24.0 Å². The summed E-state index contributed by atoms with van der Waals surface area (Å²) in [5, 5.41) is 3.69. The molecule has 1 aromatic heterocycles. The molecule has 0 spiro atoms. The number of ether oxygens (including phenoxy) is 1. The van der Waals surface area contributed by atoms with Gasteiger partial charge >= 0.3 is 0 Å². The van der Waals surface area contributed by atoms with Gasteiger partial charge < -0.3 is 15.0 Å². The molecule has 1 aliphatic rings. The molecule has 1 heterocycles. The predicted molar refractivity (Wildman–Crippen MR) is 112 cm³/mol. The molecule has 5 rings (SSSR count). The summed E-state index contributed by atoms with van der Waals surface area (Å²) in [6, 6.07) is 24.0. The number of aromatic amines is 1. The second-order valence-electron chi connectivity index (χ2n) is 7.38. The van der Waals surface area contributed by atoms with Crippen LogP contribution in [0.5, 0.6) is 0 Å². The lowest BCUT2D eigenvalue weighted by atomic mass is 10.0. The molecule has 0 unspecified atom stereocenters. The minimum absolute atomic E-state index is 0.122. The van der Waals surface area contributed by atoms with Gasteiger partial charge in [0.15, 0.2) is 0 Å². The maximum Gasteiger partial charge on any atom is 0.0980 e. The van der Waals surface area contributed by atoms with Crippen molar-refractivity contribution in [1.82, 2.24) is 15.3 Å². The lowest BCUT2D eigenvalue weighted by molar-refractivity contribution is 0.0777. The average Bonchev–Trinajstić information content (AvgIpc) is 3.35. The van der Waals surface area contributed by atoms with Crippen molar-refractivity contribution in [2.75, 3.05) is 7.11 Å². The number of benzene rings is 3. The van der Waals surface area contributed by atoms with Crippen LogP contribution in [0.4, 0.5) is 0 Å². The fourth-order valence-electron chi connectivity index (χ4n) is 4.21. The van der Waals surface area contributed by atoms with Crippen molar-refractivity contribution in [1.29, 1.82) is 0 Å². The zero-order valence-corrected chi connectivity index (χ0v) is 15.9. The summed E-state index contributed by atoms with van der Waals surface area (Å²) in [7, 11) is 1.80. The van der Waals surface area contributed by atoms with Crippen molar-refractivity contribution < 1.29 is 4.74 Å². The number of rotatable bonds is 5. The Hall–Kier alpha value is -2.95. The van der Waals surface area contributed by atoms with Crippen LogP contribution in [-0.2, 0) is 17.7 Å². The van der Waals surface area contributed by atoms with Crippen LogP contribution in [0.3, 0.4) is 0 Å².